The summed E-state index contributed by atoms with van der Waals surface area (Å²) in [4.78, 5) is 1.13. The average Bonchev–Trinajstić information content (AvgIpc) is 2.77. The molecule has 2 heterocycles. The predicted octanol–water partition coefficient (Wildman–Crippen LogP) is 2.67. The van der Waals surface area contributed by atoms with Crippen LogP contribution in [0.25, 0.3) is 0 Å². The molecule has 0 fully saturated rings. The predicted molar refractivity (Wildman–Crippen MR) is 72.9 cm³/mol. The quantitative estimate of drug-likeness (QED) is 0.923. The molecule has 0 radical (unpaired) electrons. The molecule has 0 aromatic carbocycles. The maximum Gasteiger partial charge on any atom is 0.114 e. The smallest absolute Gasteiger partial charge is 0.114 e. The van der Waals surface area contributed by atoms with E-state index in [0.717, 1.165) is 27.8 Å². The Morgan fingerprint density at radius 2 is 2.22 bits per heavy atom. The lowest BCUT2D eigenvalue weighted by atomic mass is 10.1. The first kappa shape index (κ1) is 13.2. The van der Waals surface area contributed by atoms with Crippen LogP contribution in [-0.4, -0.2) is 15.8 Å². The Labute approximate surface area is 112 Å². The van der Waals surface area contributed by atoms with Gasteiger partial charge in [-0.15, -0.1) is 0 Å². The molecule has 1 atom stereocenters. The van der Waals surface area contributed by atoms with E-state index < -0.39 is 0 Å². The van der Waals surface area contributed by atoms with E-state index in [9.17, 15) is 0 Å². The fraction of sp³-hybridized carbons (Fsp3) is 0.462. The Morgan fingerprint density at radius 1 is 1.50 bits per heavy atom. The number of nitrogens with zero attached hydrogens (tertiary/aromatic N) is 2. The van der Waals surface area contributed by atoms with E-state index in [1.54, 1.807) is 18.0 Å². The summed E-state index contributed by atoms with van der Waals surface area (Å²) in [5.41, 5.74) is 8.20. The summed E-state index contributed by atoms with van der Waals surface area (Å²) >= 11 is 1.69. The molecule has 1 unspecified atom stereocenters. The van der Waals surface area contributed by atoms with Crippen LogP contribution in [-0.2, 0) is 13.5 Å². The van der Waals surface area contributed by atoms with Gasteiger partial charge in [-0.25, -0.2) is 0 Å². The van der Waals surface area contributed by atoms with Gasteiger partial charge in [-0.2, -0.15) is 5.10 Å². The van der Waals surface area contributed by atoms with Gasteiger partial charge in [-0.1, -0.05) is 11.8 Å². The van der Waals surface area contributed by atoms with Gasteiger partial charge >= 0.3 is 0 Å². The fourth-order valence-electron chi connectivity index (χ4n) is 1.95. The van der Waals surface area contributed by atoms with Gasteiger partial charge in [0, 0.05) is 18.7 Å². The number of hydrogen-bond acceptors (Lipinski definition) is 4. The molecule has 2 N–H and O–H groups in total. The van der Waals surface area contributed by atoms with Crippen LogP contribution in [0.2, 0.25) is 0 Å². The highest BCUT2D eigenvalue weighted by Crippen LogP contribution is 2.34. The third-order valence-corrected chi connectivity index (χ3v) is 4.18. The summed E-state index contributed by atoms with van der Waals surface area (Å²) < 4.78 is 7.25. The lowest BCUT2D eigenvalue weighted by Gasteiger charge is -2.08. The largest absolute Gasteiger partial charge is 0.468 e. The van der Waals surface area contributed by atoms with Gasteiger partial charge in [-0.3, -0.25) is 4.68 Å². The molecule has 0 saturated heterocycles. The first-order valence-electron chi connectivity index (χ1n) is 5.99. The number of aryl methyl sites for hydroxylation is 3. The summed E-state index contributed by atoms with van der Waals surface area (Å²) in [6.45, 7) is 6.02. The molecule has 2 aromatic heterocycles. The van der Waals surface area contributed by atoms with Gasteiger partial charge in [0.1, 0.15) is 10.8 Å². The van der Waals surface area contributed by atoms with Crippen molar-refractivity contribution >= 4 is 11.8 Å². The summed E-state index contributed by atoms with van der Waals surface area (Å²) in [7, 11) is 1.97. The number of furan rings is 1. The summed E-state index contributed by atoms with van der Waals surface area (Å²) in [6.07, 6.45) is 2.56. The maximum absolute atomic E-state index is 5.91. The Bertz CT molecular complexity index is 542. The number of hydrogen-bond donors (Lipinski definition) is 1. The van der Waals surface area contributed by atoms with Crippen LogP contribution in [0.1, 0.15) is 23.9 Å². The SMILES string of the molecule is Cc1nn(C)c(Sc2ccoc2C)c1CC(C)N. The second kappa shape index (κ2) is 5.20. The lowest BCUT2D eigenvalue weighted by molar-refractivity contribution is 0.526. The van der Waals surface area contributed by atoms with Crippen molar-refractivity contribution in [3.8, 4) is 0 Å². The minimum Gasteiger partial charge on any atom is -0.468 e. The van der Waals surface area contributed by atoms with Crippen LogP contribution in [0.5, 0.6) is 0 Å². The molecule has 0 aliphatic heterocycles. The zero-order chi connectivity index (χ0) is 13.3. The van der Waals surface area contributed by atoms with Gasteiger partial charge in [-0.05, 0) is 33.3 Å². The van der Waals surface area contributed by atoms with Crippen molar-refractivity contribution in [2.75, 3.05) is 0 Å². The third kappa shape index (κ3) is 2.62. The Hall–Kier alpha value is -1.20. The molecule has 4 nitrogen and oxygen atoms in total. The zero-order valence-corrected chi connectivity index (χ0v) is 12.0. The Balaban J connectivity index is 2.34. The topological polar surface area (TPSA) is 57.0 Å². The van der Waals surface area contributed by atoms with Crippen molar-refractivity contribution in [2.45, 2.75) is 43.2 Å². The molecular weight excluding hydrogens is 246 g/mol. The molecule has 0 saturated carbocycles. The van der Waals surface area contributed by atoms with Crippen molar-refractivity contribution in [1.82, 2.24) is 9.78 Å². The molecule has 2 rings (SSSR count). The Kier molecular flexibility index (Phi) is 3.82. The normalized spacial score (nSPS) is 12.9. The molecule has 0 aliphatic carbocycles. The van der Waals surface area contributed by atoms with E-state index >= 15 is 0 Å². The maximum atomic E-state index is 5.91. The van der Waals surface area contributed by atoms with E-state index in [1.807, 2.05) is 38.6 Å². The van der Waals surface area contributed by atoms with Crippen molar-refractivity contribution in [3.05, 3.63) is 29.3 Å². The van der Waals surface area contributed by atoms with Gasteiger partial charge in [0.15, 0.2) is 0 Å². The van der Waals surface area contributed by atoms with Gasteiger partial charge in [0.25, 0.3) is 0 Å². The Morgan fingerprint density at radius 3 is 2.78 bits per heavy atom. The van der Waals surface area contributed by atoms with Crippen LogP contribution in [0.15, 0.2) is 26.7 Å². The number of aromatic nitrogens is 2. The lowest BCUT2D eigenvalue weighted by Crippen LogP contribution is -2.18. The van der Waals surface area contributed by atoms with Crippen molar-refractivity contribution in [3.63, 3.8) is 0 Å². The molecule has 0 spiro atoms. The van der Waals surface area contributed by atoms with Gasteiger partial charge in [0.05, 0.1) is 16.9 Å². The standard InChI is InChI=1S/C13H19N3OS/c1-8(14)7-11-9(2)15-16(4)13(11)18-12-5-6-17-10(12)3/h5-6,8H,7,14H2,1-4H3. The second-order valence-corrected chi connectivity index (χ2v) is 5.65. The zero-order valence-electron chi connectivity index (χ0n) is 11.2. The van der Waals surface area contributed by atoms with Crippen molar-refractivity contribution < 1.29 is 4.42 Å². The molecular formula is C13H19N3OS. The van der Waals surface area contributed by atoms with E-state index in [1.165, 1.54) is 5.56 Å². The molecule has 98 valence electrons. The van der Waals surface area contributed by atoms with Crippen molar-refractivity contribution in [2.24, 2.45) is 12.8 Å². The summed E-state index contributed by atoms with van der Waals surface area (Å²) in [5.74, 6) is 0.936. The first-order chi connectivity index (χ1) is 8.49. The molecule has 2 aromatic rings. The summed E-state index contributed by atoms with van der Waals surface area (Å²) in [5, 5.41) is 5.63. The second-order valence-electron chi connectivity index (χ2n) is 4.62. The van der Waals surface area contributed by atoms with Crippen LogP contribution in [0.4, 0.5) is 0 Å². The van der Waals surface area contributed by atoms with E-state index in [0.29, 0.717) is 0 Å². The number of rotatable bonds is 4. The summed E-state index contributed by atoms with van der Waals surface area (Å²) in [6, 6.07) is 2.12. The highest BCUT2D eigenvalue weighted by molar-refractivity contribution is 7.99. The monoisotopic (exact) mass is 265 g/mol. The molecule has 5 heteroatoms. The van der Waals surface area contributed by atoms with E-state index in [4.69, 9.17) is 10.2 Å². The van der Waals surface area contributed by atoms with Crippen LogP contribution >= 0.6 is 11.8 Å². The minimum absolute atomic E-state index is 0.137. The highest BCUT2D eigenvalue weighted by Gasteiger charge is 2.17. The minimum atomic E-state index is 0.137. The van der Waals surface area contributed by atoms with Crippen LogP contribution < -0.4 is 5.73 Å². The third-order valence-electron chi connectivity index (χ3n) is 2.83. The molecule has 18 heavy (non-hydrogen) atoms. The van der Waals surface area contributed by atoms with E-state index in [-0.39, 0.29) is 6.04 Å². The van der Waals surface area contributed by atoms with Gasteiger partial charge < -0.3 is 10.2 Å². The van der Waals surface area contributed by atoms with Gasteiger partial charge in [0.2, 0.25) is 0 Å². The molecule has 0 aliphatic rings. The van der Waals surface area contributed by atoms with Crippen LogP contribution in [0, 0.1) is 13.8 Å². The molecule has 0 amide bonds. The van der Waals surface area contributed by atoms with Crippen molar-refractivity contribution in [1.29, 1.82) is 0 Å². The first-order valence-corrected chi connectivity index (χ1v) is 6.80. The average molecular weight is 265 g/mol. The highest BCUT2D eigenvalue weighted by atomic mass is 32.2. The number of nitrogens with two attached hydrogens (primary N) is 1. The van der Waals surface area contributed by atoms with Crippen LogP contribution in [0.3, 0.4) is 0 Å². The van der Waals surface area contributed by atoms with E-state index in [2.05, 4.69) is 5.10 Å². The fourth-order valence-corrected chi connectivity index (χ4v) is 3.00. The molecule has 0 bridgehead atoms.